The van der Waals surface area contributed by atoms with Crippen LogP contribution in [0, 0.1) is 6.92 Å². The van der Waals surface area contributed by atoms with E-state index < -0.39 is 0 Å². The van der Waals surface area contributed by atoms with Crippen molar-refractivity contribution in [1.29, 1.82) is 0 Å². The number of anilines is 1. The molecule has 0 amide bonds. The van der Waals surface area contributed by atoms with Crippen LogP contribution in [-0.4, -0.2) is 31.8 Å². The van der Waals surface area contributed by atoms with Crippen molar-refractivity contribution in [3.05, 3.63) is 29.3 Å². The van der Waals surface area contributed by atoms with Crippen molar-refractivity contribution in [2.24, 2.45) is 0 Å². The molecule has 0 radical (unpaired) electrons. The fourth-order valence-electron chi connectivity index (χ4n) is 3.21. The summed E-state index contributed by atoms with van der Waals surface area (Å²) in [5.74, 6) is 0. The second kappa shape index (κ2) is 6.80. The molecule has 1 heterocycles. The molecule has 3 rings (SSSR count). The van der Waals surface area contributed by atoms with Gasteiger partial charge in [-0.2, -0.15) is 0 Å². The number of hydrogen-bond acceptors (Lipinski definition) is 3. The smallest absolute Gasteiger partial charge is 0.0608 e. The number of nitrogens with zero attached hydrogens (tertiary/aromatic N) is 1. The summed E-state index contributed by atoms with van der Waals surface area (Å²) in [6.07, 6.45) is 5.46. The zero-order chi connectivity index (χ0) is 14.7. The van der Waals surface area contributed by atoms with Crippen LogP contribution >= 0.6 is 0 Å². The van der Waals surface area contributed by atoms with Gasteiger partial charge >= 0.3 is 0 Å². The van der Waals surface area contributed by atoms with E-state index in [9.17, 15) is 0 Å². The quantitative estimate of drug-likeness (QED) is 0.869. The maximum atomic E-state index is 5.76. The van der Waals surface area contributed by atoms with E-state index in [1.54, 1.807) is 0 Å². The van der Waals surface area contributed by atoms with E-state index in [1.165, 1.54) is 29.7 Å². The Balaban J connectivity index is 1.66. The van der Waals surface area contributed by atoms with Gasteiger partial charge in [0.25, 0.3) is 0 Å². The van der Waals surface area contributed by atoms with Gasteiger partial charge in [0.1, 0.15) is 0 Å². The fraction of sp³-hybridized carbons (Fsp3) is 0.667. The molecule has 1 saturated carbocycles. The lowest BCUT2D eigenvalue weighted by Gasteiger charge is -2.34. The predicted molar refractivity (Wildman–Crippen MR) is 87.9 cm³/mol. The number of nitrogens with one attached hydrogen (secondary N) is 1. The van der Waals surface area contributed by atoms with E-state index >= 15 is 0 Å². The highest BCUT2D eigenvalue weighted by atomic mass is 16.5. The minimum Gasteiger partial charge on any atom is -0.378 e. The fourth-order valence-corrected chi connectivity index (χ4v) is 3.21. The molecular weight excluding hydrogens is 260 g/mol. The highest BCUT2D eigenvalue weighted by molar-refractivity contribution is 5.55. The van der Waals surface area contributed by atoms with Crippen molar-refractivity contribution in [2.45, 2.75) is 58.2 Å². The van der Waals surface area contributed by atoms with Gasteiger partial charge in [-0.3, -0.25) is 0 Å². The Kier molecular flexibility index (Phi) is 4.81. The van der Waals surface area contributed by atoms with Gasteiger partial charge in [0.15, 0.2) is 0 Å². The lowest BCUT2D eigenvalue weighted by molar-refractivity contribution is 0.0459. The number of hydrogen-bond donors (Lipinski definition) is 1. The maximum absolute atomic E-state index is 5.76. The molecular formula is C18H28N2O. The lowest BCUT2D eigenvalue weighted by Crippen LogP contribution is -2.37. The second-order valence-electron chi connectivity index (χ2n) is 6.43. The van der Waals surface area contributed by atoms with E-state index in [0.717, 1.165) is 45.1 Å². The third kappa shape index (κ3) is 3.98. The number of piperidine rings is 1. The third-order valence-electron chi connectivity index (χ3n) is 4.58. The zero-order valence-electron chi connectivity index (χ0n) is 13.4. The summed E-state index contributed by atoms with van der Waals surface area (Å²) < 4.78 is 5.76. The summed E-state index contributed by atoms with van der Waals surface area (Å²) >= 11 is 0. The van der Waals surface area contributed by atoms with Crippen LogP contribution in [0.2, 0.25) is 0 Å². The van der Waals surface area contributed by atoms with Gasteiger partial charge in [-0.25, -0.2) is 0 Å². The Morgan fingerprint density at radius 2 is 1.95 bits per heavy atom. The molecule has 3 heteroatoms. The molecule has 0 aromatic heterocycles. The average Bonchev–Trinajstić information content (AvgIpc) is 3.31. The van der Waals surface area contributed by atoms with Gasteiger partial charge in [-0.05, 0) is 51.2 Å². The molecule has 2 aliphatic rings. The summed E-state index contributed by atoms with van der Waals surface area (Å²) in [6, 6.07) is 7.66. The summed E-state index contributed by atoms with van der Waals surface area (Å²) in [4.78, 5) is 2.54. The van der Waals surface area contributed by atoms with Crippen LogP contribution in [0.25, 0.3) is 0 Å². The van der Waals surface area contributed by atoms with E-state index in [0.29, 0.717) is 6.10 Å². The Labute approximate surface area is 128 Å². The number of benzene rings is 1. The molecule has 0 bridgehead atoms. The normalized spacial score (nSPS) is 20.0. The molecule has 0 spiro atoms. The van der Waals surface area contributed by atoms with Gasteiger partial charge in [0.2, 0.25) is 0 Å². The second-order valence-corrected chi connectivity index (χ2v) is 6.43. The molecule has 1 N–H and O–H groups in total. The summed E-state index contributed by atoms with van der Waals surface area (Å²) in [6.45, 7) is 8.35. The molecule has 116 valence electrons. The molecule has 1 aromatic rings. The van der Waals surface area contributed by atoms with Gasteiger partial charge < -0.3 is 15.0 Å². The van der Waals surface area contributed by atoms with Crippen LogP contribution in [0.15, 0.2) is 18.2 Å². The van der Waals surface area contributed by atoms with Crippen LogP contribution in [-0.2, 0) is 11.3 Å². The number of aryl methyl sites for hydroxylation is 1. The van der Waals surface area contributed by atoms with Crippen LogP contribution in [0.3, 0.4) is 0 Å². The molecule has 21 heavy (non-hydrogen) atoms. The van der Waals surface area contributed by atoms with Crippen molar-refractivity contribution >= 4 is 5.69 Å². The summed E-state index contributed by atoms with van der Waals surface area (Å²) in [7, 11) is 0. The van der Waals surface area contributed by atoms with E-state index in [4.69, 9.17) is 4.74 Å². The first-order chi connectivity index (χ1) is 10.3. The molecule has 1 aromatic carbocycles. The van der Waals surface area contributed by atoms with Crippen molar-refractivity contribution in [3.8, 4) is 0 Å². The Bertz CT molecular complexity index is 462. The van der Waals surface area contributed by atoms with Crippen molar-refractivity contribution < 1.29 is 4.74 Å². The van der Waals surface area contributed by atoms with E-state index in [1.807, 2.05) is 0 Å². The highest BCUT2D eigenvalue weighted by Gasteiger charge is 2.23. The van der Waals surface area contributed by atoms with Gasteiger partial charge in [-0.15, -0.1) is 0 Å². The minimum absolute atomic E-state index is 0.463. The molecule has 1 aliphatic carbocycles. The largest absolute Gasteiger partial charge is 0.378 e. The third-order valence-corrected chi connectivity index (χ3v) is 4.58. The van der Waals surface area contributed by atoms with Crippen LogP contribution < -0.4 is 10.2 Å². The Hall–Kier alpha value is -1.06. The Morgan fingerprint density at radius 3 is 2.62 bits per heavy atom. The van der Waals surface area contributed by atoms with Crippen molar-refractivity contribution in [1.82, 2.24) is 5.32 Å². The van der Waals surface area contributed by atoms with Crippen molar-refractivity contribution in [3.63, 3.8) is 0 Å². The first-order valence-electron chi connectivity index (χ1n) is 8.45. The van der Waals surface area contributed by atoms with Crippen LogP contribution in [0.4, 0.5) is 5.69 Å². The Morgan fingerprint density at radius 1 is 1.19 bits per heavy atom. The molecule has 1 aliphatic heterocycles. The SMILES string of the molecule is CCOC1CCN(c2ccc(C)cc2CNC2CC2)CC1. The molecule has 0 atom stereocenters. The predicted octanol–water partition coefficient (Wildman–Crippen LogP) is 3.25. The number of rotatable bonds is 6. The van der Waals surface area contributed by atoms with Gasteiger partial charge in [-0.1, -0.05) is 17.7 Å². The first kappa shape index (κ1) is 14.9. The molecule has 2 fully saturated rings. The summed E-state index contributed by atoms with van der Waals surface area (Å²) in [5, 5.41) is 3.66. The molecule has 3 nitrogen and oxygen atoms in total. The zero-order valence-corrected chi connectivity index (χ0v) is 13.4. The van der Waals surface area contributed by atoms with Crippen LogP contribution in [0.5, 0.6) is 0 Å². The standard InChI is InChI=1S/C18H28N2O/c1-3-21-17-8-10-20(11-9-17)18-7-4-14(2)12-15(18)13-19-16-5-6-16/h4,7,12,16-17,19H,3,5-6,8-11,13H2,1-2H3. The minimum atomic E-state index is 0.463. The molecule has 1 saturated heterocycles. The van der Waals surface area contributed by atoms with E-state index in [-0.39, 0.29) is 0 Å². The van der Waals surface area contributed by atoms with Crippen LogP contribution in [0.1, 0.15) is 43.7 Å². The first-order valence-corrected chi connectivity index (χ1v) is 8.45. The van der Waals surface area contributed by atoms with E-state index in [2.05, 4.69) is 42.3 Å². The van der Waals surface area contributed by atoms with Crippen molar-refractivity contribution in [2.75, 3.05) is 24.6 Å². The topological polar surface area (TPSA) is 24.5 Å². The molecule has 0 unspecified atom stereocenters. The summed E-state index contributed by atoms with van der Waals surface area (Å²) in [5.41, 5.74) is 4.23. The van der Waals surface area contributed by atoms with Gasteiger partial charge in [0, 0.05) is 38.0 Å². The van der Waals surface area contributed by atoms with Gasteiger partial charge in [0.05, 0.1) is 6.10 Å². The lowest BCUT2D eigenvalue weighted by atomic mass is 10.0. The highest BCUT2D eigenvalue weighted by Crippen LogP contribution is 2.27. The monoisotopic (exact) mass is 288 g/mol. The maximum Gasteiger partial charge on any atom is 0.0608 e. The average molecular weight is 288 g/mol. The number of ether oxygens (including phenoxy) is 1.